The summed E-state index contributed by atoms with van der Waals surface area (Å²) in [6.45, 7) is -0.937. The van der Waals surface area contributed by atoms with E-state index in [2.05, 4.69) is 5.32 Å². The van der Waals surface area contributed by atoms with Crippen molar-refractivity contribution in [1.82, 2.24) is 10.2 Å². The normalized spacial score (nSPS) is 24.4. The van der Waals surface area contributed by atoms with Crippen LogP contribution in [0.25, 0.3) is 0 Å². The van der Waals surface area contributed by atoms with E-state index < -0.39 is 43.1 Å². The number of urea groups is 1. The molecule has 0 aromatic heterocycles. The molecular weight excluding hydrogens is 356 g/mol. The number of rotatable bonds is 4. The van der Waals surface area contributed by atoms with Crippen LogP contribution in [-0.2, 0) is 10.2 Å². The van der Waals surface area contributed by atoms with Crippen LogP contribution >= 0.6 is 0 Å². The predicted octanol–water partition coefficient (Wildman–Crippen LogP) is 2.76. The van der Waals surface area contributed by atoms with Gasteiger partial charge in [-0.05, 0) is 30.5 Å². The van der Waals surface area contributed by atoms with Crippen molar-refractivity contribution in [2.24, 2.45) is 11.8 Å². The molecule has 0 unspecified atom stereocenters. The lowest BCUT2D eigenvalue weighted by Gasteiger charge is -2.21. The smallest absolute Gasteiger partial charge is 0.394 e. The number of nitrogens with zero attached hydrogens (tertiary/aromatic N) is 1. The maximum atomic E-state index is 13.0. The van der Waals surface area contributed by atoms with Gasteiger partial charge in [0, 0.05) is 25.0 Å². The second-order valence-electron chi connectivity index (χ2n) is 6.94. The molecule has 1 aliphatic heterocycles. The van der Waals surface area contributed by atoms with Crippen molar-refractivity contribution in [3.05, 3.63) is 35.6 Å². The number of carbonyl (C=O) groups excluding carboxylic acids is 1. The van der Waals surface area contributed by atoms with E-state index in [0.717, 1.165) is 23.3 Å². The molecule has 3 rings (SSSR count). The molecule has 9 heteroatoms. The van der Waals surface area contributed by atoms with Crippen LogP contribution in [0.3, 0.4) is 0 Å². The first-order valence-electron chi connectivity index (χ1n) is 8.21. The molecule has 2 aliphatic rings. The number of hydrogen-bond donors (Lipinski definition) is 2. The van der Waals surface area contributed by atoms with Gasteiger partial charge in [-0.25, -0.2) is 9.18 Å². The number of carboxylic acid groups (broad SMARTS) is 1. The number of likely N-dealkylation sites (tertiary alicyclic amines) is 1. The average molecular weight is 374 g/mol. The molecular formula is C17H18F4N2O3. The van der Waals surface area contributed by atoms with Crippen molar-refractivity contribution in [2.75, 3.05) is 19.6 Å². The van der Waals surface area contributed by atoms with E-state index in [1.54, 1.807) is 12.1 Å². The summed E-state index contributed by atoms with van der Waals surface area (Å²) in [5.74, 6) is -5.67. The summed E-state index contributed by atoms with van der Waals surface area (Å²) in [6.07, 6.45) is -3.12. The van der Waals surface area contributed by atoms with Crippen molar-refractivity contribution in [1.29, 1.82) is 0 Å². The minimum atomic E-state index is -4.68. The summed E-state index contributed by atoms with van der Waals surface area (Å²) in [4.78, 5) is 24.2. The van der Waals surface area contributed by atoms with Crippen LogP contribution in [0.1, 0.15) is 18.4 Å². The van der Waals surface area contributed by atoms with Gasteiger partial charge >= 0.3 is 18.2 Å². The Hall–Kier alpha value is -2.32. The number of benzene rings is 1. The molecule has 2 atom stereocenters. The fourth-order valence-electron chi connectivity index (χ4n) is 3.43. The highest BCUT2D eigenvalue weighted by Gasteiger charge is 2.54. The van der Waals surface area contributed by atoms with E-state index in [-0.39, 0.29) is 17.8 Å². The van der Waals surface area contributed by atoms with Crippen LogP contribution in [0.15, 0.2) is 24.3 Å². The topological polar surface area (TPSA) is 69.6 Å². The standard InChI is InChI=1S/C17H18F4N2O3/c18-11-3-1-10(2-4-11)16(5-6-16)9-22-15(26)23-7-12(14(24)25)13(8-23)17(19,20)21/h1-4,12-13H,5-9H2,(H,22,26)(H,24,25)/t12-,13-/m1/s1. The molecule has 0 bridgehead atoms. The molecule has 142 valence electrons. The van der Waals surface area contributed by atoms with Gasteiger partial charge in [-0.2, -0.15) is 13.2 Å². The first-order chi connectivity index (χ1) is 12.1. The third-order valence-electron chi connectivity index (χ3n) is 5.23. The Labute approximate surface area is 147 Å². The molecule has 0 radical (unpaired) electrons. The highest BCUT2D eigenvalue weighted by atomic mass is 19.4. The van der Waals surface area contributed by atoms with Crippen LogP contribution < -0.4 is 5.32 Å². The Bertz CT molecular complexity index is 701. The lowest BCUT2D eigenvalue weighted by atomic mass is 9.96. The number of alkyl halides is 3. The van der Waals surface area contributed by atoms with Crippen molar-refractivity contribution in [3.8, 4) is 0 Å². The number of carbonyl (C=O) groups is 2. The highest BCUT2D eigenvalue weighted by molar-refractivity contribution is 5.78. The Morgan fingerprint density at radius 3 is 2.27 bits per heavy atom. The molecule has 0 spiro atoms. The maximum Gasteiger partial charge on any atom is 0.394 e. The lowest BCUT2D eigenvalue weighted by Crippen LogP contribution is -2.42. The van der Waals surface area contributed by atoms with Crippen molar-refractivity contribution < 1.29 is 32.3 Å². The van der Waals surface area contributed by atoms with E-state index in [1.807, 2.05) is 0 Å². The first-order valence-corrected chi connectivity index (χ1v) is 8.21. The van der Waals surface area contributed by atoms with Crippen molar-refractivity contribution in [2.45, 2.75) is 24.4 Å². The van der Waals surface area contributed by atoms with Crippen LogP contribution in [-0.4, -0.2) is 47.8 Å². The highest BCUT2D eigenvalue weighted by Crippen LogP contribution is 2.47. The summed E-state index contributed by atoms with van der Waals surface area (Å²) in [5, 5.41) is 11.6. The largest absolute Gasteiger partial charge is 0.481 e. The minimum Gasteiger partial charge on any atom is -0.481 e. The third kappa shape index (κ3) is 3.61. The molecule has 1 saturated heterocycles. The van der Waals surface area contributed by atoms with Gasteiger partial charge < -0.3 is 15.3 Å². The molecule has 1 aromatic rings. The quantitative estimate of drug-likeness (QED) is 0.797. The van der Waals surface area contributed by atoms with Crippen molar-refractivity contribution >= 4 is 12.0 Å². The van der Waals surface area contributed by atoms with Gasteiger partial charge in [-0.15, -0.1) is 0 Å². The molecule has 26 heavy (non-hydrogen) atoms. The molecule has 1 saturated carbocycles. The van der Waals surface area contributed by atoms with Crippen LogP contribution in [0.2, 0.25) is 0 Å². The number of nitrogens with one attached hydrogen (secondary N) is 1. The zero-order chi connectivity index (χ0) is 19.1. The van der Waals surface area contributed by atoms with Gasteiger partial charge in [0.2, 0.25) is 0 Å². The summed E-state index contributed by atoms with van der Waals surface area (Å²) in [7, 11) is 0. The number of amides is 2. The van der Waals surface area contributed by atoms with Crippen molar-refractivity contribution in [3.63, 3.8) is 0 Å². The van der Waals surface area contributed by atoms with Gasteiger partial charge in [-0.1, -0.05) is 12.1 Å². The minimum absolute atomic E-state index is 0.211. The van der Waals surface area contributed by atoms with Crippen LogP contribution in [0, 0.1) is 17.7 Å². The SMILES string of the molecule is O=C(O)[C@@H]1CN(C(=O)NCC2(c3ccc(F)cc3)CC2)C[C@H]1C(F)(F)F. The van der Waals surface area contributed by atoms with E-state index in [0.29, 0.717) is 0 Å². The molecule has 1 aliphatic carbocycles. The van der Waals surface area contributed by atoms with Gasteiger partial charge in [-0.3, -0.25) is 4.79 Å². The third-order valence-corrected chi connectivity index (χ3v) is 5.23. The number of carboxylic acids is 1. The second-order valence-corrected chi connectivity index (χ2v) is 6.94. The summed E-state index contributed by atoms with van der Waals surface area (Å²) in [5.41, 5.74) is 0.524. The molecule has 2 amide bonds. The van der Waals surface area contributed by atoms with Gasteiger partial charge in [0.15, 0.2) is 0 Å². The Morgan fingerprint density at radius 1 is 1.19 bits per heavy atom. The monoisotopic (exact) mass is 374 g/mol. The molecule has 2 fully saturated rings. The second kappa shape index (κ2) is 6.44. The molecule has 5 nitrogen and oxygen atoms in total. The lowest BCUT2D eigenvalue weighted by molar-refractivity contribution is -0.187. The first kappa shape index (κ1) is 18.5. The summed E-state index contributed by atoms with van der Waals surface area (Å²) < 4.78 is 52.0. The van der Waals surface area contributed by atoms with E-state index in [4.69, 9.17) is 5.11 Å². The predicted molar refractivity (Wildman–Crippen MR) is 83.0 cm³/mol. The average Bonchev–Trinajstić information content (AvgIpc) is 3.19. The van der Waals surface area contributed by atoms with Crippen LogP contribution in [0.5, 0.6) is 0 Å². The van der Waals surface area contributed by atoms with Crippen LogP contribution in [0.4, 0.5) is 22.4 Å². The summed E-state index contributed by atoms with van der Waals surface area (Å²) in [6, 6.07) is 5.19. The zero-order valence-corrected chi connectivity index (χ0v) is 13.7. The molecule has 1 aromatic carbocycles. The van der Waals surface area contributed by atoms with E-state index >= 15 is 0 Å². The number of hydrogen-bond acceptors (Lipinski definition) is 2. The molecule has 2 N–H and O–H groups in total. The van der Waals surface area contributed by atoms with Gasteiger partial charge in [0.1, 0.15) is 5.82 Å². The number of aliphatic carboxylic acids is 1. The summed E-state index contributed by atoms with van der Waals surface area (Å²) >= 11 is 0. The maximum absolute atomic E-state index is 13.0. The number of halogens is 4. The zero-order valence-electron chi connectivity index (χ0n) is 13.7. The van der Waals surface area contributed by atoms with Gasteiger partial charge in [0.05, 0.1) is 11.8 Å². The van der Waals surface area contributed by atoms with Gasteiger partial charge in [0.25, 0.3) is 0 Å². The van der Waals surface area contributed by atoms with E-state index in [9.17, 15) is 27.2 Å². The molecule has 1 heterocycles. The Balaban J connectivity index is 1.62. The fourth-order valence-corrected chi connectivity index (χ4v) is 3.43. The Kier molecular flexibility index (Phi) is 4.58. The van der Waals surface area contributed by atoms with E-state index in [1.165, 1.54) is 12.1 Å². The fraction of sp³-hybridized carbons (Fsp3) is 0.529. The Morgan fingerprint density at radius 2 is 1.81 bits per heavy atom.